The number of benzene rings is 1. The van der Waals surface area contributed by atoms with Gasteiger partial charge in [-0.15, -0.1) is 0 Å². The highest BCUT2D eigenvalue weighted by Crippen LogP contribution is 2.33. The molecule has 0 aromatic heterocycles. The van der Waals surface area contributed by atoms with Crippen LogP contribution < -0.4 is 4.74 Å². The van der Waals surface area contributed by atoms with Crippen LogP contribution in [0.25, 0.3) is 6.08 Å². The van der Waals surface area contributed by atoms with Crippen LogP contribution in [-0.4, -0.2) is 36.1 Å². The lowest BCUT2D eigenvalue weighted by atomic mass is 10.1. The molecule has 1 aromatic carbocycles. The standard InChI is InChI=1S/C15H15NO5/c1-8-12(15(19)21-3)14(18)10(16-8)7-9-5-4-6-11(20-2)13(9)17/h4-7,17-18H,1-3H3/b10-7+. The van der Waals surface area contributed by atoms with Gasteiger partial charge in [-0.2, -0.15) is 0 Å². The number of aromatic hydroxyl groups is 1. The normalized spacial score (nSPS) is 16.1. The van der Waals surface area contributed by atoms with Crippen LogP contribution in [0.2, 0.25) is 0 Å². The number of hydrogen-bond donors (Lipinski definition) is 2. The number of carbonyl (C=O) groups is 1. The summed E-state index contributed by atoms with van der Waals surface area (Å²) in [7, 11) is 2.67. The SMILES string of the molecule is COC(=O)C1=C(O)/C(=C\c2cccc(OC)c2O)N=C1C. The number of carbonyl (C=O) groups excluding carboxylic acids is 1. The molecule has 2 rings (SSSR count). The monoisotopic (exact) mass is 289 g/mol. The van der Waals surface area contributed by atoms with Gasteiger partial charge in [0.1, 0.15) is 11.3 Å². The summed E-state index contributed by atoms with van der Waals surface area (Å²) < 4.78 is 9.61. The molecule has 0 radical (unpaired) electrons. The lowest BCUT2D eigenvalue weighted by Gasteiger charge is -2.06. The lowest BCUT2D eigenvalue weighted by molar-refractivity contribution is -0.135. The van der Waals surface area contributed by atoms with E-state index >= 15 is 0 Å². The Morgan fingerprint density at radius 1 is 1.29 bits per heavy atom. The number of phenolic OH excluding ortho intramolecular Hbond substituents is 1. The molecule has 0 fully saturated rings. The van der Waals surface area contributed by atoms with Crippen LogP contribution in [0, 0.1) is 0 Å². The Kier molecular flexibility index (Phi) is 3.98. The number of rotatable bonds is 3. The molecule has 6 nitrogen and oxygen atoms in total. The van der Waals surface area contributed by atoms with Gasteiger partial charge in [-0.25, -0.2) is 9.79 Å². The minimum atomic E-state index is -0.660. The third kappa shape index (κ3) is 2.60. The second-order valence-corrected chi connectivity index (χ2v) is 4.34. The van der Waals surface area contributed by atoms with E-state index in [0.717, 1.165) is 0 Å². The molecule has 1 aromatic rings. The first-order valence-corrected chi connectivity index (χ1v) is 6.14. The third-order valence-corrected chi connectivity index (χ3v) is 3.06. The van der Waals surface area contributed by atoms with Crippen LogP contribution >= 0.6 is 0 Å². The van der Waals surface area contributed by atoms with Crippen molar-refractivity contribution in [2.24, 2.45) is 4.99 Å². The van der Waals surface area contributed by atoms with Crippen molar-refractivity contribution < 1.29 is 24.5 Å². The molecule has 0 bridgehead atoms. The number of hydrogen-bond acceptors (Lipinski definition) is 6. The fraction of sp³-hybridized carbons (Fsp3) is 0.200. The molecule has 110 valence electrons. The molecule has 1 heterocycles. The zero-order valence-corrected chi connectivity index (χ0v) is 11.9. The molecule has 0 spiro atoms. The molecule has 1 aliphatic rings. The highest BCUT2D eigenvalue weighted by Gasteiger charge is 2.27. The van der Waals surface area contributed by atoms with Crippen LogP contribution in [0.4, 0.5) is 0 Å². The predicted molar refractivity (Wildman–Crippen MR) is 77.4 cm³/mol. The van der Waals surface area contributed by atoms with Crippen molar-refractivity contribution in [3.05, 3.63) is 40.8 Å². The van der Waals surface area contributed by atoms with Crippen molar-refractivity contribution >= 4 is 17.8 Å². The molecule has 2 N–H and O–H groups in total. The molecule has 21 heavy (non-hydrogen) atoms. The minimum absolute atomic E-state index is 0.0196. The van der Waals surface area contributed by atoms with Gasteiger partial charge in [-0.3, -0.25) is 0 Å². The van der Waals surface area contributed by atoms with Gasteiger partial charge in [0.15, 0.2) is 17.3 Å². The molecule has 0 unspecified atom stereocenters. The van der Waals surface area contributed by atoms with Crippen molar-refractivity contribution in [2.45, 2.75) is 6.92 Å². The van der Waals surface area contributed by atoms with E-state index in [1.807, 2.05) is 0 Å². The number of ether oxygens (including phenoxy) is 2. The number of nitrogens with zero attached hydrogens (tertiary/aromatic N) is 1. The molecule has 0 amide bonds. The highest BCUT2D eigenvalue weighted by atomic mass is 16.5. The molecular weight excluding hydrogens is 274 g/mol. The van der Waals surface area contributed by atoms with E-state index in [9.17, 15) is 15.0 Å². The number of aliphatic hydroxyl groups excluding tert-OH is 1. The van der Waals surface area contributed by atoms with Crippen LogP contribution in [-0.2, 0) is 9.53 Å². The molecule has 6 heteroatoms. The average molecular weight is 289 g/mol. The minimum Gasteiger partial charge on any atom is -0.505 e. The largest absolute Gasteiger partial charge is 0.505 e. The van der Waals surface area contributed by atoms with Gasteiger partial charge in [-0.05, 0) is 19.1 Å². The van der Waals surface area contributed by atoms with E-state index in [0.29, 0.717) is 17.0 Å². The first-order valence-electron chi connectivity index (χ1n) is 6.14. The topological polar surface area (TPSA) is 88.4 Å². The number of esters is 1. The van der Waals surface area contributed by atoms with Gasteiger partial charge < -0.3 is 19.7 Å². The van der Waals surface area contributed by atoms with Gasteiger partial charge in [0.2, 0.25) is 0 Å². The lowest BCUT2D eigenvalue weighted by Crippen LogP contribution is -2.11. The fourth-order valence-electron chi connectivity index (χ4n) is 2.00. The van der Waals surface area contributed by atoms with E-state index < -0.39 is 5.97 Å². The van der Waals surface area contributed by atoms with Crippen molar-refractivity contribution in [3.63, 3.8) is 0 Å². The van der Waals surface area contributed by atoms with E-state index in [4.69, 9.17) is 4.74 Å². The third-order valence-electron chi connectivity index (χ3n) is 3.06. The number of para-hydroxylation sites is 1. The average Bonchev–Trinajstić information content (AvgIpc) is 2.75. The van der Waals surface area contributed by atoms with Crippen molar-refractivity contribution in [2.75, 3.05) is 14.2 Å². The highest BCUT2D eigenvalue weighted by molar-refractivity contribution is 6.22. The van der Waals surface area contributed by atoms with Crippen molar-refractivity contribution in [3.8, 4) is 11.5 Å². The van der Waals surface area contributed by atoms with Crippen molar-refractivity contribution in [1.29, 1.82) is 0 Å². The Hall–Kier alpha value is -2.76. The number of aliphatic imine (C=N–C) groups is 1. The second-order valence-electron chi connectivity index (χ2n) is 4.34. The Bertz CT molecular complexity index is 685. The van der Waals surface area contributed by atoms with Gasteiger partial charge >= 0.3 is 5.97 Å². The van der Waals surface area contributed by atoms with Gasteiger partial charge in [0.25, 0.3) is 0 Å². The number of methoxy groups -OCH3 is 2. The summed E-state index contributed by atoms with van der Waals surface area (Å²) >= 11 is 0. The van der Waals surface area contributed by atoms with Crippen LogP contribution in [0.15, 0.2) is 40.2 Å². The van der Waals surface area contributed by atoms with Crippen molar-refractivity contribution in [1.82, 2.24) is 0 Å². The Morgan fingerprint density at radius 3 is 2.62 bits per heavy atom. The first-order chi connectivity index (χ1) is 9.99. The van der Waals surface area contributed by atoms with Crippen LogP contribution in [0.1, 0.15) is 12.5 Å². The maximum Gasteiger partial charge on any atom is 0.343 e. The van der Waals surface area contributed by atoms with Crippen LogP contribution in [0.5, 0.6) is 11.5 Å². The molecule has 0 atom stereocenters. The maximum atomic E-state index is 11.6. The summed E-state index contributed by atoms with van der Waals surface area (Å²) in [6, 6.07) is 4.94. The number of aliphatic hydroxyl groups is 1. The predicted octanol–water partition coefficient (Wildman–Crippen LogP) is 2.20. The zero-order valence-electron chi connectivity index (χ0n) is 11.9. The molecule has 1 aliphatic heterocycles. The Labute approximate surface area is 121 Å². The fourth-order valence-corrected chi connectivity index (χ4v) is 2.00. The second kappa shape index (κ2) is 5.70. The Balaban J connectivity index is 2.49. The number of phenols is 1. The summed E-state index contributed by atoms with van der Waals surface area (Å²) in [5, 5.41) is 20.1. The summed E-state index contributed by atoms with van der Waals surface area (Å²) in [5.74, 6) is -0.701. The molecule has 0 aliphatic carbocycles. The summed E-state index contributed by atoms with van der Waals surface area (Å²) in [6.07, 6.45) is 1.46. The van der Waals surface area contributed by atoms with Gasteiger partial charge in [0, 0.05) is 5.56 Å². The summed E-state index contributed by atoms with van der Waals surface area (Å²) in [4.78, 5) is 15.7. The zero-order chi connectivity index (χ0) is 15.6. The van der Waals surface area contributed by atoms with E-state index in [1.165, 1.54) is 20.3 Å². The Morgan fingerprint density at radius 2 is 2.00 bits per heavy atom. The quantitative estimate of drug-likeness (QED) is 0.833. The van der Waals surface area contributed by atoms with Gasteiger partial charge in [0.05, 0.1) is 19.9 Å². The first kappa shape index (κ1) is 14.6. The molecule has 0 saturated heterocycles. The maximum absolute atomic E-state index is 11.6. The van der Waals surface area contributed by atoms with Gasteiger partial charge in [-0.1, -0.05) is 12.1 Å². The molecule has 0 saturated carbocycles. The van der Waals surface area contributed by atoms with E-state index in [2.05, 4.69) is 9.73 Å². The van der Waals surface area contributed by atoms with E-state index in [1.54, 1.807) is 25.1 Å². The smallest absolute Gasteiger partial charge is 0.343 e. The van der Waals surface area contributed by atoms with E-state index in [-0.39, 0.29) is 22.8 Å². The van der Waals surface area contributed by atoms with Crippen LogP contribution in [0.3, 0.4) is 0 Å². The summed E-state index contributed by atoms with van der Waals surface area (Å²) in [6.45, 7) is 1.59. The summed E-state index contributed by atoms with van der Waals surface area (Å²) in [5.41, 5.74) is 0.967. The molecular formula is C15H15NO5.